The van der Waals surface area contributed by atoms with Gasteiger partial charge in [-0.2, -0.15) is 0 Å². The predicted octanol–water partition coefficient (Wildman–Crippen LogP) is 1.79. The zero-order valence-electron chi connectivity index (χ0n) is 13.0. The molecule has 0 aromatic heterocycles. The number of carbonyl (C=O) groups is 1. The van der Waals surface area contributed by atoms with Crippen LogP contribution >= 0.6 is 11.6 Å². The fraction of sp³-hybridized carbons (Fsp3) is 0.533. The van der Waals surface area contributed by atoms with Gasteiger partial charge in [0.25, 0.3) is 5.91 Å². The van der Waals surface area contributed by atoms with Crippen molar-refractivity contribution in [2.45, 2.75) is 25.9 Å². The van der Waals surface area contributed by atoms with Gasteiger partial charge in [0.1, 0.15) is 6.61 Å². The third-order valence-electron chi connectivity index (χ3n) is 3.57. The molecule has 23 heavy (non-hydrogen) atoms. The summed E-state index contributed by atoms with van der Waals surface area (Å²) in [5.41, 5.74) is 0.724. The average molecular weight is 361 g/mol. The van der Waals surface area contributed by atoms with Crippen molar-refractivity contribution < 1.29 is 17.9 Å². The minimum absolute atomic E-state index is 0.0655. The van der Waals surface area contributed by atoms with E-state index in [4.69, 9.17) is 16.3 Å². The van der Waals surface area contributed by atoms with Gasteiger partial charge in [-0.1, -0.05) is 24.9 Å². The summed E-state index contributed by atoms with van der Waals surface area (Å²) in [6, 6.07) is 6.94. The van der Waals surface area contributed by atoms with Crippen molar-refractivity contribution >= 4 is 33.2 Å². The molecule has 2 rings (SSSR count). The molecule has 1 aliphatic heterocycles. The van der Waals surface area contributed by atoms with Gasteiger partial charge in [-0.15, -0.1) is 0 Å². The molecule has 1 heterocycles. The van der Waals surface area contributed by atoms with Crippen LogP contribution < -0.4 is 9.62 Å². The maximum absolute atomic E-state index is 12.0. The van der Waals surface area contributed by atoms with Gasteiger partial charge in [-0.25, -0.2) is 13.1 Å². The lowest BCUT2D eigenvalue weighted by Gasteiger charge is -2.32. The van der Waals surface area contributed by atoms with Crippen molar-refractivity contribution in [3.05, 3.63) is 29.3 Å². The number of morpholine rings is 1. The number of sulfonamides is 1. The van der Waals surface area contributed by atoms with E-state index in [1.165, 1.54) is 0 Å². The van der Waals surface area contributed by atoms with E-state index in [0.29, 0.717) is 18.0 Å². The number of carbonyl (C=O) groups excluding carboxylic acids is 1. The lowest BCUT2D eigenvalue weighted by Crippen LogP contribution is -2.50. The number of amides is 1. The third-order valence-corrected chi connectivity index (χ3v) is 5.25. The Morgan fingerprint density at radius 1 is 1.35 bits per heavy atom. The van der Waals surface area contributed by atoms with E-state index < -0.39 is 10.0 Å². The Hall–Kier alpha value is -1.15. The number of rotatable bonds is 7. The Labute approximate surface area is 141 Å². The number of nitrogens with zero attached hydrogens (tertiary/aromatic N) is 1. The first-order valence-corrected chi connectivity index (χ1v) is 9.59. The molecule has 128 valence electrons. The summed E-state index contributed by atoms with van der Waals surface area (Å²) in [7, 11) is -3.30. The third kappa shape index (κ3) is 5.46. The van der Waals surface area contributed by atoms with E-state index in [2.05, 4.69) is 4.72 Å². The van der Waals surface area contributed by atoms with Crippen LogP contribution in [0.2, 0.25) is 5.02 Å². The number of unbranched alkanes of at least 4 members (excludes halogenated alkanes) is 1. The maximum Gasteiger partial charge on any atom is 0.253 e. The van der Waals surface area contributed by atoms with Crippen molar-refractivity contribution in [3.8, 4) is 0 Å². The number of nitrogens with one attached hydrogen (secondary N) is 1. The molecule has 1 aromatic carbocycles. The fourth-order valence-corrected chi connectivity index (χ4v) is 3.62. The lowest BCUT2D eigenvalue weighted by atomic mass is 10.2. The molecule has 1 amide bonds. The van der Waals surface area contributed by atoms with Crippen LogP contribution in [0.25, 0.3) is 0 Å². The second-order valence-corrected chi connectivity index (χ2v) is 7.80. The van der Waals surface area contributed by atoms with E-state index >= 15 is 0 Å². The Morgan fingerprint density at radius 2 is 2.04 bits per heavy atom. The number of hydrogen-bond donors (Lipinski definition) is 1. The molecule has 8 heteroatoms. The van der Waals surface area contributed by atoms with Crippen molar-refractivity contribution in [1.29, 1.82) is 0 Å². The summed E-state index contributed by atoms with van der Waals surface area (Å²) in [6.45, 7) is 2.33. The van der Waals surface area contributed by atoms with Crippen LogP contribution in [0.5, 0.6) is 0 Å². The summed E-state index contributed by atoms with van der Waals surface area (Å²) < 4.78 is 31.6. The minimum Gasteiger partial charge on any atom is -0.365 e. The highest BCUT2D eigenvalue weighted by Gasteiger charge is 2.28. The van der Waals surface area contributed by atoms with Crippen LogP contribution in [0, 0.1) is 0 Å². The van der Waals surface area contributed by atoms with Gasteiger partial charge >= 0.3 is 0 Å². The van der Waals surface area contributed by atoms with Crippen LogP contribution in [0.15, 0.2) is 24.3 Å². The molecule has 1 aliphatic rings. The number of anilines is 1. The molecule has 0 saturated carbocycles. The molecule has 0 aliphatic carbocycles. The Bertz CT molecular complexity index is 633. The summed E-state index contributed by atoms with van der Waals surface area (Å²) in [5, 5.41) is 0.592. The number of halogens is 1. The van der Waals surface area contributed by atoms with Gasteiger partial charge in [-0.05, 0) is 30.7 Å². The molecule has 1 saturated heterocycles. The Kier molecular flexibility index (Phi) is 6.41. The molecular weight excluding hydrogens is 340 g/mol. The van der Waals surface area contributed by atoms with Crippen molar-refractivity contribution in [2.24, 2.45) is 0 Å². The number of benzene rings is 1. The average Bonchev–Trinajstić information content (AvgIpc) is 2.53. The molecule has 0 bridgehead atoms. The van der Waals surface area contributed by atoms with Crippen LogP contribution in [-0.2, 0) is 19.6 Å². The van der Waals surface area contributed by atoms with Gasteiger partial charge in [0, 0.05) is 17.3 Å². The largest absolute Gasteiger partial charge is 0.365 e. The lowest BCUT2D eigenvalue weighted by molar-refractivity contribution is -0.129. The van der Waals surface area contributed by atoms with E-state index in [-0.39, 0.29) is 30.9 Å². The van der Waals surface area contributed by atoms with Crippen molar-refractivity contribution in [1.82, 2.24) is 4.72 Å². The highest BCUT2D eigenvalue weighted by atomic mass is 35.5. The molecule has 6 nitrogen and oxygen atoms in total. The topological polar surface area (TPSA) is 75.7 Å². The first-order chi connectivity index (χ1) is 10.9. The monoisotopic (exact) mass is 360 g/mol. The summed E-state index contributed by atoms with van der Waals surface area (Å²) in [4.78, 5) is 13.6. The maximum atomic E-state index is 12.0. The molecule has 1 aromatic rings. The molecule has 0 spiro atoms. The van der Waals surface area contributed by atoms with E-state index in [9.17, 15) is 13.2 Å². The molecule has 1 unspecified atom stereocenters. The van der Waals surface area contributed by atoms with Crippen LogP contribution in [0.1, 0.15) is 19.8 Å². The second kappa shape index (κ2) is 8.10. The van der Waals surface area contributed by atoms with Gasteiger partial charge in [0.15, 0.2) is 0 Å². The first kappa shape index (κ1) is 18.2. The zero-order chi connectivity index (χ0) is 16.9. The van der Waals surface area contributed by atoms with Crippen LogP contribution in [-0.4, -0.2) is 45.9 Å². The van der Waals surface area contributed by atoms with Crippen molar-refractivity contribution in [3.63, 3.8) is 0 Å². The quantitative estimate of drug-likeness (QED) is 0.804. The predicted molar refractivity (Wildman–Crippen MR) is 90.2 cm³/mol. The van der Waals surface area contributed by atoms with Gasteiger partial charge in [-0.3, -0.25) is 4.79 Å². The highest BCUT2D eigenvalue weighted by molar-refractivity contribution is 7.89. The van der Waals surface area contributed by atoms with Crippen LogP contribution in [0.3, 0.4) is 0 Å². The summed E-state index contributed by atoms with van der Waals surface area (Å²) in [6.07, 6.45) is 1.07. The highest BCUT2D eigenvalue weighted by Crippen LogP contribution is 2.21. The van der Waals surface area contributed by atoms with Crippen molar-refractivity contribution in [2.75, 3.05) is 30.3 Å². The molecule has 1 N–H and O–H groups in total. The number of ether oxygens (including phenoxy) is 1. The second-order valence-electron chi connectivity index (χ2n) is 5.43. The summed E-state index contributed by atoms with van der Waals surface area (Å²) >= 11 is 5.85. The Balaban J connectivity index is 1.95. The molecule has 1 fully saturated rings. The molecular formula is C15H21ClN2O4S. The van der Waals surface area contributed by atoms with Gasteiger partial charge < -0.3 is 9.64 Å². The van der Waals surface area contributed by atoms with E-state index in [1.807, 2.05) is 6.92 Å². The standard InChI is InChI=1S/C15H21ClN2O4S/c1-2-3-8-23(20,21)17-9-14-10-18(15(19)11-22-14)13-6-4-12(16)5-7-13/h4-7,14,17H,2-3,8-11H2,1H3. The SMILES string of the molecule is CCCCS(=O)(=O)NCC1CN(c2ccc(Cl)cc2)C(=O)CO1. The molecule has 1 atom stereocenters. The summed E-state index contributed by atoms with van der Waals surface area (Å²) in [5.74, 6) is -0.0480. The number of hydrogen-bond acceptors (Lipinski definition) is 4. The van der Waals surface area contributed by atoms with Crippen LogP contribution in [0.4, 0.5) is 5.69 Å². The fourth-order valence-electron chi connectivity index (χ4n) is 2.25. The minimum atomic E-state index is -3.30. The van der Waals surface area contributed by atoms with Gasteiger partial charge in [0.05, 0.1) is 18.4 Å². The smallest absolute Gasteiger partial charge is 0.253 e. The van der Waals surface area contributed by atoms with Gasteiger partial charge in [0.2, 0.25) is 10.0 Å². The molecule has 0 radical (unpaired) electrons. The van der Waals surface area contributed by atoms with E-state index in [0.717, 1.165) is 12.1 Å². The van der Waals surface area contributed by atoms with E-state index in [1.54, 1.807) is 29.2 Å². The Morgan fingerprint density at radius 3 is 2.70 bits per heavy atom. The normalized spacial score (nSPS) is 19.1. The first-order valence-electron chi connectivity index (χ1n) is 7.56. The zero-order valence-corrected chi connectivity index (χ0v) is 14.6.